The van der Waals surface area contributed by atoms with Gasteiger partial charge in [0.1, 0.15) is 19.3 Å². The number of aliphatic hydroxyl groups excluding tert-OH is 1. The minimum Gasteiger partial charge on any atom is -0.462 e. The molecule has 19 heteroatoms. The zero-order valence-corrected chi connectivity index (χ0v) is 59.4. The summed E-state index contributed by atoms with van der Waals surface area (Å²) in [5.74, 6) is -1.37. The van der Waals surface area contributed by atoms with Crippen molar-refractivity contribution in [3.8, 4) is 0 Å². The molecule has 0 spiro atoms. The molecule has 0 fully saturated rings. The molecule has 5 atom stereocenters. The van der Waals surface area contributed by atoms with Crippen LogP contribution in [0.3, 0.4) is 0 Å². The molecule has 0 heterocycles. The Morgan fingerprint density at radius 3 is 0.764 bits per heavy atom. The molecular weight excluding hydrogens is 1170 g/mol. The second-order valence-corrected chi connectivity index (χ2v) is 28.7. The smallest absolute Gasteiger partial charge is 0.462 e. The summed E-state index contributed by atoms with van der Waals surface area (Å²) in [7, 11) is -9.89. The van der Waals surface area contributed by atoms with E-state index in [1.165, 1.54) is 167 Å². The van der Waals surface area contributed by atoms with Crippen molar-refractivity contribution in [2.75, 3.05) is 39.6 Å². The summed E-state index contributed by atoms with van der Waals surface area (Å²) in [6.07, 6.45) is 50.4. The summed E-state index contributed by atoms with van der Waals surface area (Å²) in [4.78, 5) is 72.3. The van der Waals surface area contributed by atoms with Gasteiger partial charge in [0.25, 0.3) is 0 Å². The molecule has 0 saturated carbocycles. The lowest BCUT2D eigenvalue weighted by atomic mass is 10.0. The molecule has 0 bridgehead atoms. The number of ether oxygens (including phenoxy) is 4. The minimum atomic E-state index is -4.95. The first-order chi connectivity index (χ1) is 43.0. The fourth-order valence-electron chi connectivity index (χ4n) is 10.6. The van der Waals surface area contributed by atoms with Crippen LogP contribution >= 0.6 is 15.6 Å². The number of aliphatic hydroxyl groups is 1. The van der Waals surface area contributed by atoms with Crippen LogP contribution in [0.4, 0.5) is 0 Å². The Kier molecular flexibility index (Phi) is 62.1. The molecule has 0 saturated heterocycles. The summed E-state index contributed by atoms with van der Waals surface area (Å²) in [6, 6.07) is 0. The predicted molar refractivity (Wildman–Crippen MR) is 358 cm³/mol. The van der Waals surface area contributed by atoms with E-state index in [0.717, 1.165) is 115 Å². The fraction of sp³-hybridized carbons (Fsp3) is 0.943. The Morgan fingerprint density at radius 1 is 0.303 bits per heavy atom. The van der Waals surface area contributed by atoms with Crippen molar-refractivity contribution in [1.29, 1.82) is 0 Å². The highest BCUT2D eigenvalue weighted by molar-refractivity contribution is 7.47. The SMILES string of the molecule is CCCCCCCCCCCCCCCCCCCCCCCC(=O)O[C@H](COC(=O)CCCCCCCCCCCCC(C)C)COP(=O)(O)OC[C@@H](O)COP(=O)(O)OC[C@@H](COC(=O)CCCCCCCCC)OC(=O)CCCCCCCCCC. The molecule has 0 radical (unpaired) electrons. The van der Waals surface area contributed by atoms with E-state index in [-0.39, 0.29) is 25.7 Å². The van der Waals surface area contributed by atoms with Crippen molar-refractivity contribution in [2.24, 2.45) is 5.92 Å². The Labute approximate surface area is 543 Å². The molecule has 0 aromatic rings. The summed E-state index contributed by atoms with van der Waals surface area (Å²) in [5, 5.41) is 10.6. The molecule has 0 aliphatic rings. The number of phosphoric ester groups is 2. The van der Waals surface area contributed by atoms with Gasteiger partial charge in [0.05, 0.1) is 26.4 Å². The van der Waals surface area contributed by atoms with Gasteiger partial charge >= 0.3 is 39.5 Å². The maximum Gasteiger partial charge on any atom is 0.472 e. The van der Waals surface area contributed by atoms with Gasteiger partial charge in [-0.25, -0.2) is 9.13 Å². The van der Waals surface area contributed by atoms with Crippen LogP contribution in [-0.4, -0.2) is 96.7 Å². The van der Waals surface area contributed by atoms with Crippen molar-refractivity contribution in [3.63, 3.8) is 0 Å². The van der Waals surface area contributed by atoms with Crippen LogP contribution in [0, 0.1) is 5.92 Å². The van der Waals surface area contributed by atoms with Crippen molar-refractivity contribution in [3.05, 3.63) is 0 Å². The highest BCUT2D eigenvalue weighted by Gasteiger charge is 2.30. The Hall–Kier alpha value is -1.94. The highest BCUT2D eigenvalue weighted by Crippen LogP contribution is 2.45. The van der Waals surface area contributed by atoms with Gasteiger partial charge in [0, 0.05) is 25.7 Å². The van der Waals surface area contributed by atoms with E-state index in [0.29, 0.717) is 25.7 Å². The molecule has 2 unspecified atom stereocenters. The predicted octanol–water partition coefficient (Wildman–Crippen LogP) is 20.1. The number of hydrogen-bond donors (Lipinski definition) is 3. The molecule has 0 rings (SSSR count). The van der Waals surface area contributed by atoms with Gasteiger partial charge in [0.2, 0.25) is 0 Å². The van der Waals surface area contributed by atoms with E-state index in [2.05, 4.69) is 34.6 Å². The van der Waals surface area contributed by atoms with Gasteiger partial charge in [-0.3, -0.25) is 37.3 Å². The first-order valence-electron chi connectivity index (χ1n) is 36.6. The van der Waals surface area contributed by atoms with Gasteiger partial charge in [-0.1, -0.05) is 311 Å². The van der Waals surface area contributed by atoms with Gasteiger partial charge in [-0.15, -0.1) is 0 Å². The zero-order valence-electron chi connectivity index (χ0n) is 57.6. The Morgan fingerprint density at radius 2 is 0.517 bits per heavy atom. The number of hydrogen-bond acceptors (Lipinski definition) is 15. The van der Waals surface area contributed by atoms with Gasteiger partial charge < -0.3 is 33.8 Å². The van der Waals surface area contributed by atoms with Crippen LogP contribution < -0.4 is 0 Å². The standard InChI is InChI=1S/C70H136O17P2/c1-6-9-12-15-18-20-21-22-23-24-25-26-27-28-29-30-31-36-41-46-51-56-70(75)87-66(60-81-68(73)54-49-44-40-35-33-32-34-38-42-47-52-63(4)5)62-85-89(78,79)83-58-64(71)57-82-88(76,77)84-61-65(59-80-67(72)53-48-43-37-17-14-11-8-3)86-69(74)55-50-45-39-19-16-13-10-7-2/h63-66,71H,6-62H2,1-5H3,(H,76,77)(H,78,79)/t64-,65+,66+/m0/s1. The van der Waals surface area contributed by atoms with E-state index < -0.39 is 97.5 Å². The van der Waals surface area contributed by atoms with E-state index in [1.54, 1.807) is 0 Å². The Bertz CT molecular complexity index is 1720. The molecule has 0 amide bonds. The van der Waals surface area contributed by atoms with Crippen molar-refractivity contribution >= 4 is 39.5 Å². The van der Waals surface area contributed by atoms with E-state index in [1.807, 2.05) is 0 Å². The average Bonchev–Trinajstić information content (AvgIpc) is 3.63. The number of esters is 4. The molecule has 0 aromatic heterocycles. The van der Waals surface area contributed by atoms with Crippen molar-refractivity contribution in [1.82, 2.24) is 0 Å². The van der Waals surface area contributed by atoms with E-state index >= 15 is 0 Å². The first kappa shape index (κ1) is 87.1. The maximum absolute atomic E-state index is 13.0. The molecular formula is C70H136O17P2. The summed E-state index contributed by atoms with van der Waals surface area (Å²) in [6.45, 7) is 7.16. The van der Waals surface area contributed by atoms with Gasteiger partial charge in [0.15, 0.2) is 12.2 Å². The van der Waals surface area contributed by atoms with Gasteiger partial charge in [-0.05, 0) is 31.6 Å². The first-order valence-corrected chi connectivity index (χ1v) is 39.6. The van der Waals surface area contributed by atoms with Crippen LogP contribution in [0.15, 0.2) is 0 Å². The number of phosphoric acid groups is 2. The number of unbranched alkanes of at least 4 members (excludes halogenated alkanes) is 42. The summed E-state index contributed by atoms with van der Waals surface area (Å²) < 4.78 is 68.1. The van der Waals surface area contributed by atoms with Crippen LogP contribution in [0.1, 0.15) is 362 Å². The summed E-state index contributed by atoms with van der Waals surface area (Å²) >= 11 is 0. The molecule has 528 valence electrons. The molecule has 0 aliphatic carbocycles. The third-order valence-corrected chi connectivity index (χ3v) is 18.2. The molecule has 3 N–H and O–H groups in total. The normalized spacial score (nSPS) is 14.1. The Balaban J connectivity index is 5.12. The molecule has 89 heavy (non-hydrogen) atoms. The van der Waals surface area contributed by atoms with Crippen molar-refractivity contribution < 1.29 is 80.2 Å². The lowest BCUT2D eigenvalue weighted by Gasteiger charge is -2.21. The van der Waals surface area contributed by atoms with Crippen LogP contribution in [0.25, 0.3) is 0 Å². The second kappa shape index (κ2) is 63.5. The van der Waals surface area contributed by atoms with E-state index in [4.69, 9.17) is 37.0 Å². The molecule has 0 aromatic carbocycles. The lowest BCUT2D eigenvalue weighted by Crippen LogP contribution is -2.30. The van der Waals surface area contributed by atoms with Gasteiger partial charge in [-0.2, -0.15) is 0 Å². The largest absolute Gasteiger partial charge is 0.472 e. The number of rotatable bonds is 70. The van der Waals surface area contributed by atoms with Crippen LogP contribution in [-0.2, 0) is 65.4 Å². The molecule has 0 aliphatic heterocycles. The zero-order chi connectivity index (χ0) is 65.6. The third-order valence-electron chi connectivity index (χ3n) is 16.3. The summed E-state index contributed by atoms with van der Waals surface area (Å²) in [5.41, 5.74) is 0. The van der Waals surface area contributed by atoms with Crippen LogP contribution in [0.2, 0.25) is 0 Å². The number of carbonyl (C=O) groups is 4. The quantitative estimate of drug-likeness (QED) is 0.0222. The van der Waals surface area contributed by atoms with Crippen molar-refractivity contribution in [2.45, 2.75) is 380 Å². The minimum absolute atomic E-state index is 0.105. The average molecular weight is 1310 g/mol. The topological polar surface area (TPSA) is 237 Å². The third kappa shape index (κ3) is 64.6. The fourth-order valence-corrected chi connectivity index (χ4v) is 12.2. The lowest BCUT2D eigenvalue weighted by molar-refractivity contribution is -0.161. The second-order valence-electron chi connectivity index (χ2n) is 25.7. The number of carbonyl (C=O) groups excluding carboxylic acids is 4. The monoisotopic (exact) mass is 1310 g/mol. The van der Waals surface area contributed by atoms with E-state index in [9.17, 15) is 43.2 Å². The maximum atomic E-state index is 13.0. The van der Waals surface area contributed by atoms with Crippen LogP contribution in [0.5, 0.6) is 0 Å². The highest BCUT2D eigenvalue weighted by atomic mass is 31.2. The molecule has 17 nitrogen and oxygen atoms in total.